The first kappa shape index (κ1) is 36.3. The minimum absolute atomic E-state index is 0.0864. The van der Waals surface area contributed by atoms with Gasteiger partial charge in [0.05, 0.1) is 28.8 Å². The number of aromatic nitrogens is 8. The monoisotopic (exact) mass is 710 g/mol. The number of nitrogens with two attached hydrogens (primary N) is 2. The van der Waals surface area contributed by atoms with Gasteiger partial charge in [0.1, 0.15) is 17.8 Å². The van der Waals surface area contributed by atoms with E-state index in [-0.39, 0.29) is 11.8 Å². The third-order valence-corrected chi connectivity index (χ3v) is 6.60. The summed E-state index contributed by atoms with van der Waals surface area (Å²) < 4.78 is 71.4. The number of aliphatic carboxylic acids is 2. The molecule has 0 unspecified atom stereocenters. The van der Waals surface area contributed by atoms with E-state index in [1.807, 2.05) is 23.8 Å². The molecule has 0 aliphatic rings. The van der Waals surface area contributed by atoms with Gasteiger partial charge < -0.3 is 36.0 Å². The Labute approximate surface area is 267 Å². The maximum absolute atomic E-state index is 10.6. The normalized spacial score (nSPS) is 11.4. The van der Waals surface area contributed by atoms with E-state index in [1.54, 1.807) is 18.7 Å². The fraction of sp³-hybridized carbons (Fsp3) is 0.250. The van der Waals surface area contributed by atoms with E-state index in [0.717, 1.165) is 17.0 Å². The number of hydrogen-bond donors (Lipinski definition) is 5. The van der Waals surface area contributed by atoms with Gasteiger partial charge in [-0.05, 0) is 24.2 Å². The van der Waals surface area contributed by atoms with Crippen molar-refractivity contribution < 1.29 is 50.9 Å². The molecule has 252 valence electrons. The maximum atomic E-state index is 10.6. The van der Waals surface area contributed by atoms with Gasteiger partial charge in [-0.2, -0.15) is 36.3 Å². The van der Waals surface area contributed by atoms with Crippen LogP contribution in [-0.2, 0) is 22.6 Å². The molecule has 0 atom stereocenters. The summed E-state index contributed by atoms with van der Waals surface area (Å²) in [5, 5.41) is 15.9. The number of anilines is 2. The Balaban J connectivity index is 0.000000360. The summed E-state index contributed by atoms with van der Waals surface area (Å²) in [5.41, 5.74) is 14.1. The molecule has 0 radical (unpaired) electrons. The number of aryl methyl sites for hydroxylation is 1. The molecule has 0 aliphatic carbocycles. The predicted octanol–water partition coefficient (Wildman–Crippen LogP) is 4.37. The summed E-state index contributed by atoms with van der Waals surface area (Å²) in [4.78, 5) is 47.6. The molecule has 23 heteroatoms. The number of carbonyl (C=O) groups is 2. The van der Waals surface area contributed by atoms with Crippen LogP contribution >= 0.6 is 23.4 Å². The van der Waals surface area contributed by atoms with Crippen molar-refractivity contribution in [2.45, 2.75) is 42.3 Å². The van der Waals surface area contributed by atoms with Crippen LogP contribution in [0.25, 0.3) is 22.1 Å². The van der Waals surface area contributed by atoms with Crippen LogP contribution in [0.1, 0.15) is 12.6 Å². The van der Waals surface area contributed by atoms with Gasteiger partial charge in [0, 0.05) is 29.2 Å². The summed E-state index contributed by atoms with van der Waals surface area (Å²) in [6.07, 6.45) is -2.46. The van der Waals surface area contributed by atoms with E-state index in [4.69, 9.17) is 47.6 Å². The number of aromatic amines is 1. The third kappa shape index (κ3) is 9.93. The van der Waals surface area contributed by atoms with Crippen LogP contribution in [0, 0.1) is 0 Å². The summed E-state index contributed by atoms with van der Waals surface area (Å²) in [6.45, 7) is 3.02. The molecule has 0 amide bonds. The minimum atomic E-state index is -5.08. The van der Waals surface area contributed by atoms with Crippen molar-refractivity contribution in [2.75, 3.05) is 18.1 Å². The average Bonchev–Trinajstić information content (AvgIpc) is 3.60. The van der Waals surface area contributed by atoms with Crippen molar-refractivity contribution in [2.24, 2.45) is 0 Å². The number of hydrogen-bond acceptors (Lipinski definition) is 12. The number of nitrogens with zero attached hydrogens (tertiary/aromatic N) is 7. The van der Waals surface area contributed by atoms with Crippen molar-refractivity contribution in [3.63, 3.8) is 0 Å². The van der Waals surface area contributed by atoms with E-state index in [1.165, 1.54) is 11.8 Å². The molecule has 0 saturated heterocycles. The highest BCUT2D eigenvalue weighted by Gasteiger charge is 2.38. The molecule has 5 aromatic heterocycles. The molecule has 5 rings (SSSR count). The first-order valence-electron chi connectivity index (χ1n) is 12.5. The molecule has 0 aliphatic heterocycles. The van der Waals surface area contributed by atoms with Gasteiger partial charge in [-0.1, -0.05) is 18.5 Å². The first-order valence-corrected chi connectivity index (χ1v) is 13.7. The fourth-order valence-corrected chi connectivity index (χ4v) is 4.42. The number of alkyl halides is 6. The summed E-state index contributed by atoms with van der Waals surface area (Å²) in [5.74, 6) is -4.79. The highest BCUT2D eigenvalue weighted by molar-refractivity contribution is 7.99. The van der Waals surface area contributed by atoms with Crippen LogP contribution in [0.5, 0.6) is 5.88 Å². The average molecular weight is 711 g/mol. The number of fused-ring (bicyclic) bond motifs is 2. The smallest absolute Gasteiger partial charge is 0.475 e. The third-order valence-electron chi connectivity index (χ3n) is 5.36. The van der Waals surface area contributed by atoms with E-state index in [9.17, 15) is 26.3 Å². The number of pyridine rings is 1. The van der Waals surface area contributed by atoms with E-state index >= 15 is 0 Å². The second-order valence-corrected chi connectivity index (χ2v) is 10.1. The van der Waals surface area contributed by atoms with Crippen molar-refractivity contribution in [3.8, 4) is 5.88 Å². The molecule has 15 nitrogen and oxygen atoms in total. The Morgan fingerprint density at radius 1 is 1.06 bits per heavy atom. The largest absolute Gasteiger partial charge is 0.490 e. The molecule has 5 aromatic rings. The lowest BCUT2D eigenvalue weighted by molar-refractivity contribution is -0.193. The van der Waals surface area contributed by atoms with Gasteiger partial charge in [-0.3, -0.25) is 0 Å². The Morgan fingerprint density at radius 3 is 2.26 bits per heavy atom. The van der Waals surface area contributed by atoms with Crippen molar-refractivity contribution in [1.29, 1.82) is 0 Å². The zero-order valence-electron chi connectivity index (χ0n) is 23.5. The zero-order valence-corrected chi connectivity index (χ0v) is 25.0. The van der Waals surface area contributed by atoms with Gasteiger partial charge in [0.2, 0.25) is 11.8 Å². The highest BCUT2D eigenvalue weighted by atomic mass is 35.5. The van der Waals surface area contributed by atoms with Crippen LogP contribution in [0.2, 0.25) is 5.02 Å². The lowest BCUT2D eigenvalue weighted by Crippen LogP contribution is -2.21. The number of rotatable bonds is 7. The van der Waals surface area contributed by atoms with E-state index in [2.05, 4.69) is 34.9 Å². The molecule has 7 N–H and O–H groups in total. The molecule has 47 heavy (non-hydrogen) atoms. The van der Waals surface area contributed by atoms with Crippen LogP contribution in [-0.4, -0.2) is 80.6 Å². The number of ether oxygens (including phenoxy) is 1. The van der Waals surface area contributed by atoms with Gasteiger partial charge in [0.25, 0.3) is 0 Å². The van der Waals surface area contributed by atoms with Gasteiger partial charge in [-0.15, -0.1) is 0 Å². The quantitative estimate of drug-likeness (QED) is 0.117. The second kappa shape index (κ2) is 15.0. The molecular formula is C24H21ClF6N10O5S. The molecule has 0 saturated carbocycles. The Kier molecular flexibility index (Phi) is 11.6. The number of carboxylic acids is 2. The topological polar surface area (TPSA) is 234 Å². The number of carboxylic acid groups (broad SMARTS) is 2. The number of nitrogens with one attached hydrogen (secondary N) is 1. The fourth-order valence-electron chi connectivity index (χ4n) is 3.32. The van der Waals surface area contributed by atoms with Crippen molar-refractivity contribution in [1.82, 2.24) is 39.5 Å². The lowest BCUT2D eigenvalue weighted by Gasteiger charge is -2.09. The van der Waals surface area contributed by atoms with Crippen LogP contribution in [0.3, 0.4) is 0 Å². The molecular weight excluding hydrogens is 690 g/mol. The number of nitrogen functional groups attached to an aromatic ring is 2. The molecule has 0 fully saturated rings. The predicted molar refractivity (Wildman–Crippen MR) is 154 cm³/mol. The Hall–Kier alpha value is -5.12. The van der Waals surface area contributed by atoms with Crippen molar-refractivity contribution >= 4 is 69.1 Å². The summed E-state index contributed by atoms with van der Waals surface area (Å²) in [6, 6.07) is 1.81. The number of imidazole rings is 1. The first-order chi connectivity index (χ1) is 21.9. The SMILES string of the molecule is CCc1[nH]c2nc(Sc3cnc4c(N)nc(N)nc4c3)nc(OCCn3ccnc3)c2c1Cl.O=C(O)C(F)(F)F.O=C(O)C(F)(F)F. The van der Waals surface area contributed by atoms with E-state index in [0.29, 0.717) is 51.3 Å². The zero-order chi connectivity index (χ0) is 35.1. The molecule has 0 bridgehead atoms. The standard InChI is InChI=1S/C20H19ClN10OS.2C2HF3O2/c1-2-11-14(21)13-17(26-11)29-20(30-18(13)32-6-5-31-4-3-24-9-31)33-10-7-12-15(25-8-10)16(22)28-19(23)27-12;2*3-2(4,5)1(6)7/h3-4,7-9H,2,5-6H2,1H3,(H,26,29,30)(H4,22,23,27,28);2*(H,6,7). The van der Waals surface area contributed by atoms with Crippen LogP contribution in [0.15, 0.2) is 41.0 Å². The lowest BCUT2D eigenvalue weighted by atomic mass is 10.3. The Morgan fingerprint density at radius 2 is 1.70 bits per heavy atom. The summed E-state index contributed by atoms with van der Waals surface area (Å²) >= 11 is 7.90. The molecule has 5 heterocycles. The summed E-state index contributed by atoms with van der Waals surface area (Å²) in [7, 11) is 0. The van der Waals surface area contributed by atoms with Crippen LogP contribution < -0.4 is 16.2 Å². The number of halogens is 7. The minimum Gasteiger partial charge on any atom is -0.475 e. The van der Waals surface area contributed by atoms with E-state index < -0.39 is 24.3 Å². The van der Waals surface area contributed by atoms with Gasteiger partial charge >= 0.3 is 24.3 Å². The highest BCUT2D eigenvalue weighted by Crippen LogP contribution is 2.36. The second-order valence-electron chi connectivity index (χ2n) is 8.67. The molecule has 0 spiro atoms. The molecule has 0 aromatic carbocycles. The maximum Gasteiger partial charge on any atom is 0.490 e. The number of H-pyrrole nitrogens is 1. The van der Waals surface area contributed by atoms with Gasteiger partial charge in [0.15, 0.2) is 11.0 Å². The van der Waals surface area contributed by atoms with Crippen LogP contribution in [0.4, 0.5) is 38.1 Å². The van der Waals surface area contributed by atoms with Gasteiger partial charge in [-0.25, -0.2) is 29.5 Å². The van der Waals surface area contributed by atoms with Crippen molar-refractivity contribution in [3.05, 3.63) is 41.7 Å². The Bertz CT molecular complexity index is 1850.